The summed E-state index contributed by atoms with van der Waals surface area (Å²) in [5.74, 6) is -0.290. The number of piperazine rings is 1. The van der Waals surface area contributed by atoms with E-state index in [1.54, 1.807) is 12.3 Å². The maximum atomic E-state index is 14.3. The molecule has 5 aliphatic rings. The highest BCUT2D eigenvalue weighted by atomic mass is 32.2. The van der Waals surface area contributed by atoms with E-state index in [-0.39, 0.29) is 29.3 Å². The van der Waals surface area contributed by atoms with Crippen LogP contribution in [0.3, 0.4) is 0 Å². The van der Waals surface area contributed by atoms with Crippen LogP contribution in [0.4, 0.5) is 28.6 Å². The second kappa shape index (κ2) is 17.5. The molecule has 3 aromatic heterocycles. The van der Waals surface area contributed by atoms with Gasteiger partial charge in [0.2, 0.25) is 11.7 Å². The zero-order chi connectivity index (χ0) is 44.9. The van der Waals surface area contributed by atoms with Crippen molar-refractivity contribution >= 4 is 55.5 Å². The van der Waals surface area contributed by atoms with E-state index in [2.05, 4.69) is 72.9 Å². The fraction of sp³-hybridized carbons (Fsp3) is 0.468. The van der Waals surface area contributed by atoms with Gasteiger partial charge >= 0.3 is 5.69 Å². The van der Waals surface area contributed by atoms with E-state index in [1.165, 1.54) is 24.0 Å². The fourth-order valence-corrected chi connectivity index (χ4v) is 11.6. The average Bonchev–Trinajstić information content (AvgIpc) is 3.77. The summed E-state index contributed by atoms with van der Waals surface area (Å²) >= 11 is 0. The molecule has 17 nitrogen and oxygen atoms in total. The number of aromatic nitrogens is 3. The van der Waals surface area contributed by atoms with Crippen LogP contribution in [0.5, 0.6) is 5.88 Å². The average molecular weight is 905 g/mol. The van der Waals surface area contributed by atoms with Crippen molar-refractivity contribution in [1.29, 1.82) is 0 Å². The molecule has 1 spiro atoms. The van der Waals surface area contributed by atoms with Crippen LogP contribution < -0.4 is 24.6 Å². The Balaban J connectivity index is 0.889. The summed E-state index contributed by atoms with van der Waals surface area (Å²) in [5, 5.41) is 16.0. The van der Waals surface area contributed by atoms with E-state index in [4.69, 9.17) is 14.5 Å². The molecule has 4 fully saturated rings. The predicted molar refractivity (Wildman–Crippen MR) is 248 cm³/mol. The summed E-state index contributed by atoms with van der Waals surface area (Å²) in [7, 11) is -2.38. The Labute approximate surface area is 378 Å². The standard InChI is InChI=1S/C47H56N10O7S/c1-31-5-3-4-6-37(31)42-30-53(2)17-18-55(42)35-26-47(27-35)12-15-54(16-13-47)34-7-8-38(39(24-34)56-19-22-64-46-41(56)23-33-9-14-48-43(33)51-46)45(58)52-65(61,62)36-25-40(57(59)60)44(50-29-36)49-28-32-10-20-63-21-11-32/h3-9,14,23-25,29,32,35,42H,10-13,15-22,26-28,30H2,1-2H3,(H,48,51)(H,49,50)(H,52,58)/t42-/m0/s1. The van der Waals surface area contributed by atoms with E-state index >= 15 is 0 Å². The molecular weight excluding hydrogens is 849 g/mol. The minimum atomic E-state index is -4.61. The lowest BCUT2D eigenvalue weighted by Crippen LogP contribution is -2.59. The van der Waals surface area contributed by atoms with Crippen LogP contribution in [0.1, 0.15) is 66.1 Å². The number of rotatable bonds is 11. The summed E-state index contributed by atoms with van der Waals surface area (Å²) in [6.45, 7) is 9.42. The SMILES string of the molecule is Cc1ccccc1[C@@H]1CN(C)CCN1C1CC2(CCN(c3ccc(C(=O)NS(=O)(=O)c4cnc(NCC5CCOCC5)c([N+](=O)[O-])c4)c(N4CCOc5nc6[nH]ccc6cc54)c3)CC2)C1. The Morgan fingerprint density at radius 2 is 1.78 bits per heavy atom. The van der Waals surface area contributed by atoms with Crippen LogP contribution >= 0.6 is 0 Å². The molecule has 7 heterocycles. The lowest BCUT2D eigenvalue weighted by Gasteiger charge is -2.58. The van der Waals surface area contributed by atoms with Crippen molar-refractivity contribution in [3.8, 4) is 5.88 Å². The summed E-state index contributed by atoms with van der Waals surface area (Å²) < 4.78 is 41.4. The Morgan fingerprint density at radius 3 is 2.57 bits per heavy atom. The molecule has 0 radical (unpaired) electrons. The van der Waals surface area contributed by atoms with Gasteiger partial charge in [-0.3, -0.25) is 19.8 Å². The molecule has 1 saturated carbocycles. The number of fused-ring (bicyclic) bond motifs is 2. The first-order valence-corrected chi connectivity index (χ1v) is 24.2. The van der Waals surface area contributed by atoms with Gasteiger partial charge in [0.25, 0.3) is 15.9 Å². The number of hydrogen-bond donors (Lipinski definition) is 3. The Morgan fingerprint density at radius 1 is 0.985 bits per heavy atom. The second-order valence-electron chi connectivity index (χ2n) is 18.5. The molecule has 1 amide bonds. The van der Waals surface area contributed by atoms with Gasteiger partial charge in [0.15, 0.2) is 0 Å². The third-order valence-corrected chi connectivity index (χ3v) is 15.8. The molecule has 3 N–H and O–H groups in total. The molecule has 0 bridgehead atoms. The summed E-state index contributed by atoms with van der Waals surface area (Å²) in [4.78, 5) is 46.8. The van der Waals surface area contributed by atoms with E-state index in [1.807, 2.05) is 29.2 Å². The highest BCUT2D eigenvalue weighted by Crippen LogP contribution is 2.53. The fourth-order valence-electron chi connectivity index (χ4n) is 10.7. The first-order chi connectivity index (χ1) is 31.4. The van der Waals surface area contributed by atoms with Gasteiger partial charge in [0.1, 0.15) is 22.8 Å². The number of likely N-dealkylation sites (N-methyl/N-ethyl adjacent to an activating group) is 1. The monoisotopic (exact) mass is 904 g/mol. The number of carbonyl (C=O) groups is 1. The number of piperidine rings is 1. The van der Waals surface area contributed by atoms with E-state index in [0.717, 1.165) is 81.7 Å². The second-order valence-corrected chi connectivity index (χ2v) is 20.2. The molecular formula is C47H56N10O7S. The van der Waals surface area contributed by atoms with Crippen LogP contribution in [0, 0.1) is 28.4 Å². The maximum absolute atomic E-state index is 14.3. The number of ether oxygens (including phenoxy) is 2. The number of aryl methyl sites for hydroxylation is 1. The van der Waals surface area contributed by atoms with Crippen LogP contribution in [-0.2, 0) is 14.8 Å². The normalized spacial score (nSPS) is 20.9. The van der Waals surface area contributed by atoms with Crippen molar-refractivity contribution in [3.63, 3.8) is 0 Å². The number of anilines is 4. The van der Waals surface area contributed by atoms with Gasteiger partial charge in [-0.1, -0.05) is 24.3 Å². The van der Waals surface area contributed by atoms with Crippen molar-refractivity contribution in [2.75, 3.05) is 87.8 Å². The van der Waals surface area contributed by atoms with E-state index in [0.29, 0.717) is 61.3 Å². The molecule has 342 valence electrons. The number of carbonyl (C=O) groups excluding carboxylic acids is 1. The highest BCUT2D eigenvalue weighted by Gasteiger charge is 2.50. The number of sulfonamides is 1. The largest absolute Gasteiger partial charge is 0.474 e. The number of aromatic amines is 1. The zero-order valence-electron chi connectivity index (χ0n) is 36.9. The number of nitrogens with one attached hydrogen (secondary N) is 3. The van der Waals surface area contributed by atoms with Crippen molar-refractivity contribution in [3.05, 3.63) is 99.9 Å². The minimum Gasteiger partial charge on any atom is -0.474 e. The van der Waals surface area contributed by atoms with Crippen LogP contribution in [0.2, 0.25) is 0 Å². The van der Waals surface area contributed by atoms with Crippen molar-refractivity contribution in [2.45, 2.75) is 62.4 Å². The molecule has 4 aliphatic heterocycles. The van der Waals surface area contributed by atoms with Crippen LogP contribution in [-0.4, -0.2) is 123 Å². The van der Waals surface area contributed by atoms with Gasteiger partial charge in [0, 0.05) is 87.9 Å². The lowest BCUT2D eigenvalue weighted by molar-refractivity contribution is -0.384. The van der Waals surface area contributed by atoms with Crippen molar-refractivity contribution in [1.82, 2.24) is 29.5 Å². The molecule has 1 atom stereocenters. The highest BCUT2D eigenvalue weighted by molar-refractivity contribution is 7.90. The molecule has 0 unspecified atom stereocenters. The number of hydrogen-bond acceptors (Lipinski definition) is 14. The first kappa shape index (κ1) is 43.1. The zero-order valence-corrected chi connectivity index (χ0v) is 37.7. The number of nitro groups is 1. The van der Waals surface area contributed by atoms with Gasteiger partial charge in [-0.15, -0.1) is 0 Å². The molecule has 5 aromatic rings. The Bertz CT molecular complexity index is 2710. The van der Waals surface area contributed by atoms with Gasteiger partial charge in [-0.2, -0.15) is 4.98 Å². The third-order valence-electron chi connectivity index (χ3n) is 14.5. The summed E-state index contributed by atoms with van der Waals surface area (Å²) in [6, 6.07) is 20.1. The number of benzene rings is 2. The topological polar surface area (TPSA) is 191 Å². The summed E-state index contributed by atoms with van der Waals surface area (Å²) in [5.41, 5.74) is 5.41. The molecule has 1 aliphatic carbocycles. The molecule has 65 heavy (non-hydrogen) atoms. The van der Waals surface area contributed by atoms with E-state index < -0.39 is 31.4 Å². The number of H-pyrrole nitrogens is 1. The smallest absolute Gasteiger partial charge is 0.312 e. The number of pyridine rings is 2. The van der Waals surface area contributed by atoms with Crippen LogP contribution in [0.15, 0.2) is 78.0 Å². The van der Waals surface area contributed by atoms with Gasteiger partial charge in [-0.05, 0) is 105 Å². The maximum Gasteiger partial charge on any atom is 0.312 e. The van der Waals surface area contributed by atoms with E-state index in [9.17, 15) is 23.3 Å². The molecule has 10 rings (SSSR count). The third kappa shape index (κ3) is 8.59. The summed E-state index contributed by atoms with van der Waals surface area (Å²) in [6.07, 6.45) is 8.93. The Kier molecular flexibility index (Phi) is 11.6. The molecule has 3 saturated heterocycles. The van der Waals surface area contributed by atoms with Gasteiger partial charge in [0.05, 0.1) is 28.9 Å². The predicted octanol–water partition coefficient (Wildman–Crippen LogP) is 6.40. The number of amides is 1. The van der Waals surface area contributed by atoms with Crippen molar-refractivity contribution < 1.29 is 27.6 Å². The van der Waals surface area contributed by atoms with Gasteiger partial charge in [-0.25, -0.2) is 18.1 Å². The molecule has 18 heteroatoms. The van der Waals surface area contributed by atoms with Crippen molar-refractivity contribution in [2.24, 2.45) is 11.3 Å². The Hall–Kier alpha value is -5.82. The van der Waals surface area contributed by atoms with Gasteiger partial charge < -0.3 is 34.5 Å². The minimum absolute atomic E-state index is 0.0386. The van der Waals surface area contributed by atoms with Crippen LogP contribution in [0.25, 0.3) is 11.0 Å². The lowest BCUT2D eigenvalue weighted by atomic mass is 9.59. The number of nitrogens with zero attached hydrogens (tertiary/aromatic N) is 7. The first-order valence-electron chi connectivity index (χ1n) is 22.7. The quantitative estimate of drug-likeness (QED) is 0.0975. The molecule has 2 aromatic carbocycles.